The fourth-order valence-electron chi connectivity index (χ4n) is 3.49. The van der Waals surface area contributed by atoms with Crippen LogP contribution in [0.1, 0.15) is 42.6 Å². The molecule has 1 atom stereocenters. The van der Waals surface area contributed by atoms with Crippen LogP contribution in [0.3, 0.4) is 0 Å². The van der Waals surface area contributed by atoms with Crippen molar-refractivity contribution in [2.24, 2.45) is 5.92 Å². The lowest BCUT2D eigenvalue weighted by atomic mass is 9.93. The molecule has 1 aromatic heterocycles. The lowest BCUT2D eigenvalue weighted by Gasteiger charge is -2.32. The van der Waals surface area contributed by atoms with E-state index < -0.39 is 11.7 Å². The molecular formula is C20H23F3N4O3. The average molecular weight is 424 g/mol. The first kappa shape index (κ1) is 21.8. The third kappa shape index (κ3) is 5.80. The zero-order chi connectivity index (χ0) is 21.7. The number of alkyl halides is 3. The van der Waals surface area contributed by atoms with Crippen LogP contribution in [-0.4, -0.2) is 40.1 Å². The predicted octanol–water partition coefficient (Wildman–Crippen LogP) is 3.60. The van der Waals surface area contributed by atoms with Crippen LogP contribution in [-0.2, 0) is 22.2 Å². The first-order valence-corrected chi connectivity index (χ1v) is 9.75. The number of rotatable bonds is 6. The summed E-state index contributed by atoms with van der Waals surface area (Å²) in [5, 5.41) is 10.0. The van der Waals surface area contributed by atoms with Gasteiger partial charge in [-0.3, -0.25) is 9.59 Å². The van der Waals surface area contributed by atoms with Crippen molar-refractivity contribution in [3.05, 3.63) is 41.2 Å². The summed E-state index contributed by atoms with van der Waals surface area (Å²) in [6.45, 7) is 2.96. The highest BCUT2D eigenvalue weighted by atomic mass is 19.4. The van der Waals surface area contributed by atoms with Crippen LogP contribution in [0.15, 0.2) is 28.9 Å². The smallest absolute Gasteiger partial charge is 0.342 e. The second-order valence-corrected chi connectivity index (χ2v) is 7.48. The van der Waals surface area contributed by atoms with E-state index in [1.807, 2.05) is 0 Å². The fraction of sp³-hybridized carbons (Fsp3) is 0.500. The number of nitrogens with one attached hydrogen (secondary N) is 1. The van der Waals surface area contributed by atoms with E-state index in [9.17, 15) is 22.8 Å². The van der Waals surface area contributed by atoms with Gasteiger partial charge in [0.1, 0.15) is 11.4 Å². The number of halogens is 3. The van der Waals surface area contributed by atoms with Crippen LogP contribution in [0.2, 0.25) is 0 Å². The quantitative estimate of drug-likeness (QED) is 0.766. The van der Waals surface area contributed by atoms with Crippen LogP contribution in [0, 0.1) is 12.8 Å². The van der Waals surface area contributed by atoms with Crippen LogP contribution in [0.25, 0.3) is 0 Å². The Hall–Kier alpha value is -2.91. The van der Waals surface area contributed by atoms with Gasteiger partial charge in [-0.1, -0.05) is 10.3 Å². The Morgan fingerprint density at radius 1 is 1.23 bits per heavy atom. The van der Waals surface area contributed by atoms with Gasteiger partial charge in [0.25, 0.3) is 0 Å². The molecule has 3 rings (SSSR count). The summed E-state index contributed by atoms with van der Waals surface area (Å²) >= 11 is 0. The maximum atomic E-state index is 12.6. The number of carbonyl (C=O) groups is 2. The molecule has 0 aliphatic carbocycles. The minimum absolute atomic E-state index is 0.0484. The van der Waals surface area contributed by atoms with Crippen LogP contribution in [0.4, 0.5) is 18.9 Å². The Kier molecular flexibility index (Phi) is 6.73. The lowest BCUT2D eigenvalue weighted by Crippen LogP contribution is -2.41. The Labute approximate surface area is 171 Å². The molecule has 1 N–H and O–H groups in total. The van der Waals surface area contributed by atoms with Crippen LogP contribution in [0.5, 0.6) is 0 Å². The van der Waals surface area contributed by atoms with E-state index in [1.54, 1.807) is 11.8 Å². The summed E-state index contributed by atoms with van der Waals surface area (Å²) in [5.41, 5.74) is 0.684. The molecule has 0 bridgehead atoms. The van der Waals surface area contributed by atoms with Crippen molar-refractivity contribution in [3.8, 4) is 0 Å². The number of amides is 2. The first-order chi connectivity index (χ1) is 14.2. The summed E-state index contributed by atoms with van der Waals surface area (Å²) < 4.78 is 42.4. The average Bonchev–Trinajstić information content (AvgIpc) is 3.11. The van der Waals surface area contributed by atoms with Crippen LogP contribution < -0.4 is 5.32 Å². The first-order valence-electron chi connectivity index (χ1n) is 9.75. The van der Waals surface area contributed by atoms with Gasteiger partial charge in [-0.15, -0.1) is 0 Å². The van der Waals surface area contributed by atoms with E-state index >= 15 is 0 Å². The van der Waals surface area contributed by atoms with Crippen molar-refractivity contribution in [1.29, 1.82) is 0 Å². The van der Waals surface area contributed by atoms with Gasteiger partial charge in [-0.25, -0.2) is 4.63 Å². The largest absolute Gasteiger partial charge is 0.416 e. The topological polar surface area (TPSA) is 88.3 Å². The third-order valence-corrected chi connectivity index (χ3v) is 5.21. The molecule has 30 heavy (non-hydrogen) atoms. The molecule has 0 saturated carbocycles. The number of benzene rings is 1. The van der Waals surface area contributed by atoms with Crippen molar-refractivity contribution in [2.45, 2.75) is 45.2 Å². The molecule has 10 heteroatoms. The second-order valence-electron chi connectivity index (χ2n) is 7.48. The van der Waals surface area contributed by atoms with E-state index in [4.69, 9.17) is 0 Å². The van der Waals surface area contributed by atoms with Crippen LogP contribution >= 0.6 is 0 Å². The number of likely N-dealkylation sites (tertiary alicyclic amines) is 1. The number of hydrogen-bond donors (Lipinski definition) is 1. The molecule has 7 nitrogen and oxygen atoms in total. The Morgan fingerprint density at radius 2 is 1.97 bits per heavy atom. The van der Waals surface area contributed by atoms with Crippen molar-refractivity contribution in [3.63, 3.8) is 0 Å². The summed E-state index contributed by atoms with van der Waals surface area (Å²) in [4.78, 5) is 26.4. The van der Waals surface area contributed by atoms with Gasteiger partial charge in [0.15, 0.2) is 0 Å². The maximum absolute atomic E-state index is 12.6. The summed E-state index contributed by atoms with van der Waals surface area (Å²) in [7, 11) is 0. The molecule has 1 aliphatic rings. The van der Waals surface area contributed by atoms with Gasteiger partial charge in [0, 0.05) is 25.2 Å². The summed E-state index contributed by atoms with van der Waals surface area (Å²) in [6, 6.07) is 4.35. The minimum Gasteiger partial charge on any atom is -0.342 e. The standard InChI is InChI=1S/C20H23F3N4O3/c1-13-17(26-30-25-13)11-19(29)27-10-2-3-14(12-27)4-9-18(28)24-16-7-5-15(6-8-16)20(21,22)23/h5-8,14H,2-4,9-12H2,1H3,(H,24,28). The molecule has 0 spiro atoms. The van der Waals surface area contributed by atoms with E-state index in [2.05, 4.69) is 20.3 Å². The number of anilines is 1. The molecule has 162 valence electrons. The van der Waals surface area contributed by atoms with Gasteiger partial charge in [-0.2, -0.15) is 13.2 Å². The molecular weight excluding hydrogens is 401 g/mol. The van der Waals surface area contributed by atoms with Crippen molar-refractivity contribution < 1.29 is 27.4 Å². The van der Waals surface area contributed by atoms with Gasteiger partial charge < -0.3 is 10.2 Å². The van der Waals surface area contributed by atoms with E-state index in [0.717, 1.165) is 25.0 Å². The Balaban J connectivity index is 1.45. The molecule has 2 heterocycles. The molecule has 2 aromatic rings. The van der Waals surface area contributed by atoms with Gasteiger partial charge in [0.05, 0.1) is 12.0 Å². The summed E-state index contributed by atoms with van der Waals surface area (Å²) in [5.74, 6) is -0.118. The number of carbonyl (C=O) groups excluding carboxylic acids is 2. The van der Waals surface area contributed by atoms with Crippen molar-refractivity contribution in [2.75, 3.05) is 18.4 Å². The monoisotopic (exact) mass is 424 g/mol. The molecule has 1 saturated heterocycles. The second kappa shape index (κ2) is 9.27. The molecule has 1 unspecified atom stereocenters. The van der Waals surface area contributed by atoms with Gasteiger partial charge >= 0.3 is 6.18 Å². The number of nitrogens with zero attached hydrogens (tertiary/aromatic N) is 3. The SMILES string of the molecule is Cc1nonc1CC(=O)N1CCCC(CCC(=O)Nc2ccc(C(F)(F)F)cc2)C1. The minimum atomic E-state index is -4.41. The lowest BCUT2D eigenvalue weighted by molar-refractivity contribution is -0.137. The number of hydrogen-bond acceptors (Lipinski definition) is 5. The van der Waals surface area contributed by atoms with Crippen molar-refractivity contribution >= 4 is 17.5 Å². The fourth-order valence-corrected chi connectivity index (χ4v) is 3.49. The Bertz CT molecular complexity index is 880. The maximum Gasteiger partial charge on any atom is 0.416 e. The van der Waals surface area contributed by atoms with E-state index in [0.29, 0.717) is 36.6 Å². The third-order valence-electron chi connectivity index (χ3n) is 5.21. The molecule has 1 aromatic carbocycles. The molecule has 1 aliphatic heterocycles. The zero-order valence-corrected chi connectivity index (χ0v) is 16.5. The zero-order valence-electron chi connectivity index (χ0n) is 16.5. The highest BCUT2D eigenvalue weighted by Gasteiger charge is 2.30. The Morgan fingerprint density at radius 3 is 2.60 bits per heavy atom. The highest BCUT2D eigenvalue weighted by Crippen LogP contribution is 2.30. The predicted molar refractivity (Wildman–Crippen MR) is 101 cm³/mol. The molecule has 2 amide bonds. The van der Waals surface area contributed by atoms with Crippen molar-refractivity contribution in [1.82, 2.24) is 15.2 Å². The van der Waals surface area contributed by atoms with E-state index in [1.165, 1.54) is 12.1 Å². The highest BCUT2D eigenvalue weighted by molar-refractivity contribution is 5.90. The number of aromatic nitrogens is 2. The van der Waals surface area contributed by atoms with E-state index in [-0.39, 0.29) is 30.6 Å². The number of aryl methyl sites for hydroxylation is 1. The molecule has 1 fully saturated rings. The molecule has 0 radical (unpaired) electrons. The van der Waals surface area contributed by atoms with Gasteiger partial charge in [0.2, 0.25) is 11.8 Å². The normalized spacial score (nSPS) is 17.1. The number of piperidine rings is 1. The van der Waals surface area contributed by atoms with Gasteiger partial charge in [-0.05, 0) is 56.4 Å². The summed E-state index contributed by atoms with van der Waals surface area (Å²) in [6.07, 6.45) is -1.66.